The number of sulfone groups is 1. The summed E-state index contributed by atoms with van der Waals surface area (Å²) in [6.07, 6.45) is -0.269. The molecule has 0 saturated heterocycles. The van der Waals surface area contributed by atoms with Crippen LogP contribution in [0.4, 0.5) is 11.4 Å². The van der Waals surface area contributed by atoms with Crippen LogP contribution in [-0.2, 0) is 24.2 Å². The van der Waals surface area contributed by atoms with Crippen molar-refractivity contribution < 1.29 is 32.3 Å². The molecule has 0 radical (unpaired) electrons. The van der Waals surface area contributed by atoms with Gasteiger partial charge in [0.25, 0.3) is 5.91 Å². The second kappa shape index (κ2) is 8.76. The summed E-state index contributed by atoms with van der Waals surface area (Å²) < 4.78 is 36.1. The summed E-state index contributed by atoms with van der Waals surface area (Å²) in [6.45, 7) is 2.88. The first-order valence-corrected chi connectivity index (χ1v) is 11.0. The molecule has 2 aromatic carbocycles. The van der Waals surface area contributed by atoms with Gasteiger partial charge in [-0.1, -0.05) is 0 Å². The van der Waals surface area contributed by atoms with Crippen LogP contribution in [0.25, 0.3) is 0 Å². The van der Waals surface area contributed by atoms with E-state index in [0.29, 0.717) is 22.5 Å². The molecule has 1 aliphatic heterocycles. The average molecular weight is 446 g/mol. The lowest BCUT2D eigenvalue weighted by Crippen LogP contribution is -2.27. The summed E-state index contributed by atoms with van der Waals surface area (Å²) in [5, 5.41) is 4.25. The van der Waals surface area contributed by atoms with Gasteiger partial charge in [0.05, 0.1) is 28.5 Å². The molecule has 0 bridgehead atoms. The van der Waals surface area contributed by atoms with E-state index in [0.717, 1.165) is 0 Å². The average Bonchev–Trinajstić information content (AvgIpc) is 2.72. The van der Waals surface area contributed by atoms with E-state index in [4.69, 9.17) is 4.74 Å². The Bertz CT molecular complexity index is 1140. The summed E-state index contributed by atoms with van der Waals surface area (Å²) >= 11 is 0. The number of aryl methyl sites for hydroxylation is 1. The van der Waals surface area contributed by atoms with E-state index in [9.17, 15) is 22.8 Å². The zero-order chi connectivity index (χ0) is 22.8. The molecule has 0 aromatic heterocycles. The lowest BCUT2D eigenvalue weighted by molar-refractivity contribution is -0.118. The van der Waals surface area contributed by atoms with Gasteiger partial charge in [0.2, 0.25) is 5.91 Å². The third kappa shape index (κ3) is 4.85. The number of ether oxygens (including phenoxy) is 2. The second-order valence-corrected chi connectivity index (χ2v) is 9.46. The van der Waals surface area contributed by atoms with Gasteiger partial charge in [0.15, 0.2) is 16.4 Å². The van der Waals surface area contributed by atoms with Crippen LogP contribution in [-0.4, -0.2) is 45.2 Å². The van der Waals surface area contributed by atoms with E-state index in [-0.39, 0.29) is 29.6 Å². The molecule has 1 heterocycles. The second-order valence-electron chi connectivity index (χ2n) is 7.13. The highest BCUT2D eigenvalue weighted by atomic mass is 32.2. The highest BCUT2D eigenvalue weighted by Gasteiger charge is 2.29. The Morgan fingerprint density at radius 3 is 2.55 bits per heavy atom. The molecule has 2 N–H and O–H groups in total. The number of methoxy groups -OCH3 is 1. The maximum Gasteiger partial charge on any atom is 0.337 e. The molecule has 31 heavy (non-hydrogen) atoms. The van der Waals surface area contributed by atoms with Gasteiger partial charge in [-0.3, -0.25) is 9.59 Å². The van der Waals surface area contributed by atoms with Gasteiger partial charge >= 0.3 is 5.97 Å². The van der Waals surface area contributed by atoms with Gasteiger partial charge in [0.1, 0.15) is 5.75 Å². The zero-order valence-corrected chi connectivity index (χ0v) is 18.0. The molecule has 0 unspecified atom stereocenters. The molecular weight excluding hydrogens is 424 g/mol. The summed E-state index contributed by atoms with van der Waals surface area (Å²) in [5.74, 6) is -1.03. The predicted molar refractivity (Wildman–Crippen MR) is 113 cm³/mol. The van der Waals surface area contributed by atoms with Crippen molar-refractivity contribution in [3.8, 4) is 5.75 Å². The number of nitrogens with one attached hydrogen (secondary N) is 2. The number of carbonyl (C=O) groups excluding carboxylic acids is 3. The van der Waals surface area contributed by atoms with Crippen LogP contribution < -0.4 is 15.4 Å². The minimum atomic E-state index is -3.84. The monoisotopic (exact) mass is 446 g/mol. The lowest BCUT2D eigenvalue weighted by Gasteiger charge is -2.21. The summed E-state index contributed by atoms with van der Waals surface area (Å²) in [6, 6.07) is 8.97. The molecule has 10 heteroatoms. The minimum Gasteiger partial charge on any atom is -0.482 e. The molecule has 9 nitrogen and oxygen atoms in total. The van der Waals surface area contributed by atoms with E-state index >= 15 is 0 Å². The Labute approximate surface area is 179 Å². The fourth-order valence-electron chi connectivity index (χ4n) is 3.13. The molecule has 2 aromatic rings. The first-order chi connectivity index (χ1) is 14.6. The highest BCUT2D eigenvalue weighted by Crippen LogP contribution is 2.34. The van der Waals surface area contributed by atoms with Crippen molar-refractivity contribution in [2.75, 3.05) is 24.4 Å². The maximum atomic E-state index is 13.1. The van der Waals surface area contributed by atoms with Crippen molar-refractivity contribution >= 4 is 39.0 Å². The van der Waals surface area contributed by atoms with Crippen LogP contribution in [0.15, 0.2) is 41.3 Å². The first-order valence-electron chi connectivity index (χ1n) is 9.41. The van der Waals surface area contributed by atoms with E-state index in [1.807, 2.05) is 0 Å². The SMILES string of the molecule is COC(=O)c1ccc(NC(=O)C[C@H](C)S(=O)(=O)c2cc3c(cc2C)NC(=O)CO3)cc1. The smallest absolute Gasteiger partial charge is 0.337 e. The van der Waals surface area contributed by atoms with Crippen LogP contribution in [0, 0.1) is 6.92 Å². The number of amides is 2. The normalized spacial score (nSPS) is 14.0. The largest absolute Gasteiger partial charge is 0.482 e. The maximum absolute atomic E-state index is 13.1. The van der Waals surface area contributed by atoms with E-state index < -0.39 is 27.0 Å². The Morgan fingerprint density at radius 2 is 1.90 bits per heavy atom. The zero-order valence-electron chi connectivity index (χ0n) is 17.2. The molecule has 1 atom stereocenters. The van der Waals surface area contributed by atoms with Gasteiger partial charge in [-0.05, 0) is 49.7 Å². The third-order valence-corrected chi connectivity index (χ3v) is 7.09. The molecule has 0 fully saturated rings. The standard InChI is InChI=1S/C21H22N2O7S/c1-12-8-16-17(30-11-20(25)23-16)10-18(12)31(27,28)13(2)9-19(24)22-15-6-4-14(5-7-15)21(26)29-3/h4-8,10,13H,9,11H2,1-3H3,(H,22,24)(H,23,25)/t13-/m0/s1. The number of anilines is 2. The van der Waals surface area contributed by atoms with Crippen LogP contribution in [0.2, 0.25) is 0 Å². The summed E-state index contributed by atoms with van der Waals surface area (Å²) in [7, 11) is -2.57. The van der Waals surface area contributed by atoms with Crippen molar-refractivity contribution in [1.29, 1.82) is 0 Å². The predicted octanol–water partition coefficient (Wildman–Crippen LogP) is 2.30. The first kappa shape index (κ1) is 22.3. The Balaban J connectivity index is 1.72. The van der Waals surface area contributed by atoms with Gasteiger partial charge in [-0.2, -0.15) is 0 Å². The number of carbonyl (C=O) groups is 3. The minimum absolute atomic E-state index is 0.0464. The van der Waals surface area contributed by atoms with E-state index in [1.54, 1.807) is 6.92 Å². The van der Waals surface area contributed by atoms with Crippen LogP contribution in [0.1, 0.15) is 29.3 Å². The molecule has 2 amide bonds. The number of benzene rings is 2. The van der Waals surface area contributed by atoms with Crippen molar-refractivity contribution in [3.63, 3.8) is 0 Å². The molecule has 0 aliphatic carbocycles. The van der Waals surface area contributed by atoms with Crippen molar-refractivity contribution in [2.24, 2.45) is 0 Å². The third-order valence-electron chi connectivity index (χ3n) is 4.81. The Morgan fingerprint density at radius 1 is 1.23 bits per heavy atom. The van der Waals surface area contributed by atoms with Gasteiger partial charge in [-0.15, -0.1) is 0 Å². The van der Waals surface area contributed by atoms with Crippen LogP contribution >= 0.6 is 0 Å². The number of hydrogen-bond donors (Lipinski definition) is 2. The van der Waals surface area contributed by atoms with E-state index in [2.05, 4.69) is 15.4 Å². The Hall–Kier alpha value is -3.40. The summed E-state index contributed by atoms with van der Waals surface area (Å²) in [4.78, 5) is 35.3. The molecule has 3 rings (SSSR count). The number of fused-ring (bicyclic) bond motifs is 1. The van der Waals surface area contributed by atoms with Crippen LogP contribution in [0.5, 0.6) is 5.75 Å². The van der Waals surface area contributed by atoms with Gasteiger partial charge in [0, 0.05) is 18.2 Å². The molecule has 0 saturated carbocycles. The quantitative estimate of drug-likeness (QED) is 0.652. The Kier molecular flexibility index (Phi) is 6.30. The van der Waals surface area contributed by atoms with Crippen LogP contribution in [0.3, 0.4) is 0 Å². The van der Waals surface area contributed by atoms with Gasteiger partial charge in [-0.25, -0.2) is 13.2 Å². The molecule has 164 valence electrons. The van der Waals surface area contributed by atoms with Gasteiger partial charge < -0.3 is 20.1 Å². The number of esters is 1. The molecule has 0 spiro atoms. The topological polar surface area (TPSA) is 128 Å². The fraction of sp³-hybridized carbons (Fsp3) is 0.286. The lowest BCUT2D eigenvalue weighted by atomic mass is 10.2. The number of rotatable bonds is 6. The highest BCUT2D eigenvalue weighted by molar-refractivity contribution is 7.92. The van der Waals surface area contributed by atoms with E-state index in [1.165, 1.54) is 50.4 Å². The van der Waals surface area contributed by atoms with Crippen molar-refractivity contribution in [1.82, 2.24) is 0 Å². The fourth-order valence-corrected chi connectivity index (χ4v) is 4.71. The molecular formula is C21H22N2O7S. The number of hydrogen-bond acceptors (Lipinski definition) is 7. The van der Waals surface area contributed by atoms with Crippen molar-refractivity contribution in [2.45, 2.75) is 30.4 Å². The summed E-state index contributed by atoms with van der Waals surface area (Å²) in [5.41, 5.74) is 1.61. The van der Waals surface area contributed by atoms with Crippen molar-refractivity contribution in [3.05, 3.63) is 47.5 Å². The molecule has 1 aliphatic rings.